The van der Waals surface area contributed by atoms with Crippen molar-refractivity contribution in [1.29, 1.82) is 0 Å². The van der Waals surface area contributed by atoms with Crippen LogP contribution in [0.25, 0.3) is 21.6 Å². The lowest BCUT2D eigenvalue weighted by atomic mass is 10.2. The number of fused-ring (bicyclic) bond motifs is 1. The van der Waals surface area contributed by atoms with Gasteiger partial charge >= 0.3 is 0 Å². The number of nitrogens with zero attached hydrogens (tertiary/aromatic N) is 2. The van der Waals surface area contributed by atoms with E-state index in [0.717, 1.165) is 26.6 Å². The molecule has 1 N–H and O–H groups in total. The third-order valence-electron chi connectivity index (χ3n) is 3.69. The van der Waals surface area contributed by atoms with Crippen LogP contribution in [0.4, 0.5) is 0 Å². The number of aromatic nitrogens is 2. The summed E-state index contributed by atoms with van der Waals surface area (Å²) < 4.78 is 5.22. The summed E-state index contributed by atoms with van der Waals surface area (Å²) in [5.74, 6) is 1.64. The zero-order valence-electron chi connectivity index (χ0n) is 13.7. The molecule has 3 heterocycles. The standard InChI is InChI=1S/C19H15N3O2S2/c23-17(20-11-13-5-3-9-24-13)12-26-19-14-6-1-2-7-15(14)21-18(22-19)16-8-4-10-25-16/h1-10H,11-12H2,(H,20,23). The van der Waals surface area contributed by atoms with Gasteiger partial charge in [0.1, 0.15) is 10.8 Å². The number of nitrogens with one attached hydrogen (secondary N) is 1. The highest BCUT2D eigenvalue weighted by atomic mass is 32.2. The number of carbonyl (C=O) groups excluding carboxylic acids is 1. The van der Waals surface area contributed by atoms with Crippen LogP contribution >= 0.6 is 23.1 Å². The molecule has 130 valence electrons. The molecule has 3 aromatic heterocycles. The molecule has 0 radical (unpaired) electrons. The Bertz CT molecular complexity index is 1010. The normalized spacial score (nSPS) is 10.9. The third kappa shape index (κ3) is 3.79. The van der Waals surface area contributed by atoms with E-state index in [1.165, 1.54) is 11.8 Å². The van der Waals surface area contributed by atoms with Crippen LogP contribution in [-0.2, 0) is 11.3 Å². The van der Waals surface area contributed by atoms with Crippen LogP contribution in [-0.4, -0.2) is 21.6 Å². The first-order valence-electron chi connectivity index (χ1n) is 8.02. The summed E-state index contributed by atoms with van der Waals surface area (Å²) in [5, 5.41) is 6.62. The highest BCUT2D eigenvalue weighted by Gasteiger charge is 2.12. The first kappa shape index (κ1) is 16.8. The number of rotatable bonds is 6. The van der Waals surface area contributed by atoms with Crippen molar-refractivity contribution in [3.8, 4) is 10.7 Å². The van der Waals surface area contributed by atoms with E-state index in [4.69, 9.17) is 4.42 Å². The number of carbonyl (C=O) groups is 1. The Kier molecular flexibility index (Phi) is 4.99. The van der Waals surface area contributed by atoms with Crippen molar-refractivity contribution in [2.45, 2.75) is 11.6 Å². The average Bonchev–Trinajstić information content (AvgIpc) is 3.38. The maximum Gasteiger partial charge on any atom is 0.230 e. The number of hydrogen-bond donors (Lipinski definition) is 1. The van der Waals surface area contributed by atoms with Gasteiger partial charge in [-0.15, -0.1) is 11.3 Å². The van der Waals surface area contributed by atoms with Gasteiger partial charge in [-0.25, -0.2) is 9.97 Å². The summed E-state index contributed by atoms with van der Waals surface area (Å²) in [6.07, 6.45) is 1.59. The molecule has 4 rings (SSSR count). The lowest BCUT2D eigenvalue weighted by Gasteiger charge is -2.08. The molecule has 0 aliphatic heterocycles. The maximum atomic E-state index is 12.1. The topological polar surface area (TPSA) is 68.0 Å². The largest absolute Gasteiger partial charge is 0.467 e. The van der Waals surface area contributed by atoms with E-state index in [9.17, 15) is 4.79 Å². The summed E-state index contributed by atoms with van der Waals surface area (Å²) in [4.78, 5) is 22.5. The molecule has 0 fully saturated rings. The minimum Gasteiger partial charge on any atom is -0.467 e. The van der Waals surface area contributed by atoms with Crippen molar-refractivity contribution in [1.82, 2.24) is 15.3 Å². The monoisotopic (exact) mass is 381 g/mol. The van der Waals surface area contributed by atoms with Gasteiger partial charge in [-0.05, 0) is 29.6 Å². The fraction of sp³-hybridized carbons (Fsp3) is 0.105. The summed E-state index contributed by atoms with van der Waals surface area (Å²) in [5.41, 5.74) is 0.879. The maximum absolute atomic E-state index is 12.1. The molecule has 4 aromatic rings. The van der Waals surface area contributed by atoms with Crippen LogP contribution in [0.5, 0.6) is 0 Å². The first-order valence-corrected chi connectivity index (χ1v) is 9.88. The van der Waals surface area contributed by atoms with E-state index < -0.39 is 0 Å². The van der Waals surface area contributed by atoms with E-state index in [-0.39, 0.29) is 11.7 Å². The van der Waals surface area contributed by atoms with Crippen LogP contribution < -0.4 is 5.32 Å². The van der Waals surface area contributed by atoms with Crippen LogP contribution in [0.3, 0.4) is 0 Å². The molecule has 1 amide bonds. The summed E-state index contributed by atoms with van der Waals surface area (Å²) in [6, 6.07) is 15.5. The molecule has 1 aromatic carbocycles. The van der Waals surface area contributed by atoms with Gasteiger partial charge in [0, 0.05) is 5.39 Å². The second kappa shape index (κ2) is 7.72. The Hall–Kier alpha value is -2.64. The number of para-hydroxylation sites is 1. The Balaban J connectivity index is 1.52. The minimum atomic E-state index is -0.0632. The van der Waals surface area contributed by atoms with E-state index >= 15 is 0 Å². The van der Waals surface area contributed by atoms with E-state index in [0.29, 0.717) is 12.4 Å². The quantitative estimate of drug-likeness (QED) is 0.397. The van der Waals surface area contributed by atoms with Crippen LogP contribution in [0.2, 0.25) is 0 Å². The van der Waals surface area contributed by atoms with Crippen molar-refractivity contribution in [2.24, 2.45) is 0 Å². The fourth-order valence-corrected chi connectivity index (χ4v) is 3.96. The van der Waals surface area contributed by atoms with Crippen molar-refractivity contribution in [3.05, 3.63) is 65.9 Å². The second-order valence-electron chi connectivity index (χ2n) is 5.49. The molecule has 0 spiro atoms. The average molecular weight is 381 g/mol. The predicted octanol–water partition coefficient (Wildman–Crippen LogP) is 4.36. The Morgan fingerprint density at radius 2 is 2.04 bits per heavy atom. The molecule has 5 nitrogen and oxygen atoms in total. The molecule has 0 aliphatic carbocycles. The van der Waals surface area contributed by atoms with E-state index in [2.05, 4.69) is 15.3 Å². The minimum absolute atomic E-state index is 0.0632. The van der Waals surface area contributed by atoms with Crippen molar-refractivity contribution >= 4 is 39.9 Å². The van der Waals surface area contributed by atoms with Gasteiger partial charge in [0.05, 0.1) is 29.0 Å². The molecule has 0 atom stereocenters. The molecule has 0 unspecified atom stereocenters. The van der Waals surface area contributed by atoms with Gasteiger partial charge < -0.3 is 9.73 Å². The number of hydrogen-bond acceptors (Lipinski definition) is 6. The van der Waals surface area contributed by atoms with Crippen molar-refractivity contribution < 1.29 is 9.21 Å². The van der Waals surface area contributed by atoms with Gasteiger partial charge in [0.25, 0.3) is 0 Å². The number of thioether (sulfide) groups is 1. The van der Waals surface area contributed by atoms with Crippen LogP contribution in [0, 0.1) is 0 Å². The number of furan rings is 1. The Labute approximate surface area is 158 Å². The van der Waals surface area contributed by atoms with Crippen LogP contribution in [0.1, 0.15) is 5.76 Å². The zero-order chi connectivity index (χ0) is 17.8. The third-order valence-corrected chi connectivity index (χ3v) is 5.55. The molecular weight excluding hydrogens is 366 g/mol. The van der Waals surface area contributed by atoms with Gasteiger partial charge in [0.15, 0.2) is 5.82 Å². The molecule has 7 heteroatoms. The van der Waals surface area contributed by atoms with Gasteiger partial charge in [-0.1, -0.05) is 36.0 Å². The lowest BCUT2D eigenvalue weighted by Crippen LogP contribution is -2.24. The molecule has 26 heavy (non-hydrogen) atoms. The van der Waals surface area contributed by atoms with Gasteiger partial charge in [0.2, 0.25) is 5.91 Å². The summed E-state index contributed by atoms with van der Waals surface area (Å²) >= 11 is 3.02. The smallest absolute Gasteiger partial charge is 0.230 e. The zero-order valence-corrected chi connectivity index (χ0v) is 15.3. The molecule has 0 bridgehead atoms. The molecular formula is C19H15N3O2S2. The summed E-state index contributed by atoms with van der Waals surface area (Å²) in [7, 11) is 0. The predicted molar refractivity (Wildman–Crippen MR) is 104 cm³/mol. The lowest BCUT2D eigenvalue weighted by molar-refractivity contribution is -0.118. The number of benzene rings is 1. The Morgan fingerprint density at radius 1 is 1.12 bits per heavy atom. The Morgan fingerprint density at radius 3 is 2.85 bits per heavy atom. The van der Waals surface area contributed by atoms with Crippen molar-refractivity contribution in [3.63, 3.8) is 0 Å². The van der Waals surface area contributed by atoms with E-state index in [1.807, 2.05) is 47.8 Å². The molecule has 0 saturated heterocycles. The number of amides is 1. The number of thiophene rings is 1. The molecule has 0 aliphatic rings. The second-order valence-corrected chi connectivity index (χ2v) is 7.40. The fourth-order valence-electron chi connectivity index (χ4n) is 2.46. The SMILES string of the molecule is O=C(CSc1nc(-c2cccs2)nc2ccccc12)NCc1ccco1. The summed E-state index contributed by atoms with van der Waals surface area (Å²) in [6.45, 7) is 0.386. The highest BCUT2D eigenvalue weighted by Crippen LogP contribution is 2.29. The van der Waals surface area contributed by atoms with E-state index in [1.54, 1.807) is 23.7 Å². The first-order chi connectivity index (χ1) is 12.8. The van der Waals surface area contributed by atoms with Gasteiger partial charge in [-0.2, -0.15) is 0 Å². The van der Waals surface area contributed by atoms with Gasteiger partial charge in [-0.3, -0.25) is 4.79 Å². The molecule has 0 saturated carbocycles. The highest BCUT2D eigenvalue weighted by molar-refractivity contribution is 8.00. The van der Waals surface area contributed by atoms with Crippen molar-refractivity contribution in [2.75, 3.05) is 5.75 Å². The van der Waals surface area contributed by atoms with Crippen LogP contribution in [0.15, 0.2) is 69.6 Å².